The van der Waals surface area contributed by atoms with Crippen molar-refractivity contribution in [2.45, 2.75) is 12.8 Å². The molecule has 2 aliphatic rings. The maximum atomic E-state index is 6.28. The van der Waals surface area contributed by atoms with E-state index in [2.05, 4.69) is 48.5 Å². The fourth-order valence-corrected chi connectivity index (χ4v) is 3.97. The van der Waals surface area contributed by atoms with Gasteiger partial charge in [-0.05, 0) is 35.1 Å². The molecule has 2 aromatic carbocycles. The third kappa shape index (κ3) is 2.81. The zero-order valence-corrected chi connectivity index (χ0v) is 15.6. The second-order valence-electron chi connectivity index (χ2n) is 6.37. The first kappa shape index (κ1) is 16.9. The number of ketones is 1. The van der Waals surface area contributed by atoms with Crippen LogP contribution in [0.2, 0.25) is 0 Å². The fraction of sp³-hybridized carbons (Fsp3) is 0.174. The van der Waals surface area contributed by atoms with Gasteiger partial charge in [0.25, 0.3) is 7.11 Å². The molecule has 4 rings (SSSR count). The Morgan fingerprint density at radius 3 is 1.96 bits per heavy atom. The van der Waals surface area contributed by atoms with Crippen LogP contribution in [0.25, 0.3) is 5.57 Å². The van der Waals surface area contributed by atoms with Gasteiger partial charge in [-0.25, -0.2) is 0 Å². The standard InChI is InChI=1S/C23H20ClO2/c1-25-20-13-17(24)14-21(26-2)23(20)22-18-9-5-3-7-15(18)11-12-16-8-4-6-10-19(16)22/h3-10,13-14H,11-12H2,1-2H3/q+1. The van der Waals surface area contributed by atoms with E-state index in [-0.39, 0.29) is 0 Å². The number of allylic oxidation sites excluding steroid dienone is 4. The van der Waals surface area contributed by atoms with Crippen LogP contribution in [0, 0.1) is 0 Å². The zero-order chi connectivity index (χ0) is 18.1. The lowest BCUT2D eigenvalue weighted by molar-refractivity contribution is -0.418. The maximum absolute atomic E-state index is 6.28. The SMILES string of the molecule is COC1=CC(Cl)=CC(=[O+]C)C1=C1c2ccccc2CCc2ccccc21. The van der Waals surface area contributed by atoms with Gasteiger partial charge in [-0.2, -0.15) is 0 Å². The molecule has 0 radical (unpaired) electrons. The lowest BCUT2D eigenvalue weighted by Crippen LogP contribution is -2.14. The summed E-state index contributed by atoms with van der Waals surface area (Å²) >= 11 is 6.28. The number of halogens is 1. The first-order valence-corrected chi connectivity index (χ1v) is 9.06. The van der Waals surface area contributed by atoms with E-state index in [9.17, 15) is 0 Å². The summed E-state index contributed by atoms with van der Waals surface area (Å²) in [7, 11) is 3.34. The van der Waals surface area contributed by atoms with Crippen LogP contribution in [0.15, 0.2) is 77.0 Å². The van der Waals surface area contributed by atoms with Crippen molar-refractivity contribution in [3.8, 4) is 0 Å². The van der Waals surface area contributed by atoms with Crippen molar-refractivity contribution in [1.29, 1.82) is 0 Å². The van der Waals surface area contributed by atoms with Gasteiger partial charge in [-0.15, -0.1) is 0 Å². The molecule has 0 heterocycles. The number of benzene rings is 2. The van der Waals surface area contributed by atoms with Gasteiger partial charge in [0, 0.05) is 11.6 Å². The summed E-state index contributed by atoms with van der Waals surface area (Å²) in [5.41, 5.74) is 7.18. The van der Waals surface area contributed by atoms with Crippen molar-refractivity contribution in [2.75, 3.05) is 14.2 Å². The Kier molecular flexibility index (Phi) is 4.52. The summed E-state index contributed by atoms with van der Waals surface area (Å²) in [5, 5.41) is 0.596. The Morgan fingerprint density at radius 2 is 1.42 bits per heavy atom. The molecule has 0 saturated heterocycles. The first-order valence-electron chi connectivity index (χ1n) is 8.68. The second-order valence-corrected chi connectivity index (χ2v) is 6.81. The predicted molar refractivity (Wildman–Crippen MR) is 106 cm³/mol. The van der Waals surface area contributed by atoms with Gasteiger partial charge in [0.1, 0.15) is 11.3 Å². The van der Waals surface area contributed by atoms with Crippen molar-refractivity contribution >= 4 is 23.0 Å². The monoisotopic (exact) mass is 363 g/mol. The Balaban J connectivity index is 2.13. The van der Waals surface area contributed by atoms with Crippen LogP contribution in [0.3, 0.4) is 0 Å². The van der Waals surface area contributed by atoms with Gasteiger partial charge in [0.05, 0.1) is 18.2 Å². The minimum absolute atomic E-state index is 0.596. The third-order valence-electron chi connectivity index (χ3n) is 4.96. The van der Waals surface area contributed by atoms with Crippen LogP contribution in [0.1, 0.15) is 22.3 Å². The van der Waals surface area contributed by atoms with E-state index in [0.717, 1.165) is 35.5 Å². The third-order valence-corrected chi connectivity index (χ3v) is 5.18. The van der Waals surface area contributed by atoms with Crippen LogP contribution in [0.5, 0.6) is 0 Å². The van der Waals surface area contributed by atoms with E-state index in [1.54, 1.807) is 14.2 Å². The number of rotatable bonds is 1. The number of aryl methyl sites for hydroxylation is 2. The van der Waals surface area contributed by atoms with E-state index in [0.29, 0.717) is 5.03 Å². The average Bonchev–Trinajstić information content (AvgIpc) is 2.84. The molecule has 0 aliphatic heterocycles. The minimum atomic E-state index is 0.596. The van der Waals surface area contributed by atoms with Gasteiger partial charge in [-0.3, -0.25) is 4.42 Å². The smallest absolute Gasteiger partial charge is 0.356 e. The van der Waals surface area contributed by atoms with E-state index < -0.39 is 0 Å². The van der Waals surface area contributed by atoms with Crippen molar-refractivity contribution in [3.05, 3.63) is 99.3 Å². The Bertz CT molecular complexity index is 943. The molecule has 0 aromatic heterocycles. The van der Waals surface area contributed by atoms with Crippen LogP contribution >= 0.6 is 11.6 Å². The largest absolute Gasteiger partial charge is 0.496 e. The fourth-order valence-electron chi connectivity index (χ4n) is 3.77. The van der Waals surface area contributed by atoms with Gasteiger partial charge in [-0.1, -0.05) is 60.1 Å². The molecular formula is C23H20ClO2+. The molecule has 130 valence electrons. The average molecular weight is 364 g/mol. The highest BCUT2D eigenvalue weighted by Gasteiger charge is 2.32. The molecule has 2 nitrogen and oxygen atoms in total. The highest BCUT2D eigenvalue weighted by atomic mass is 35.5. The normalized spacial score (nSPS) is 17.9. The molecule has 2 aliphatic carbocycles. The van der Waals surface area contributed by atoms with Gasteiger partial charge < -0.3 is 4.74 Å². The Hall–Kier alpha value is -2.58. The Labute approximate surface area is 158 Å². The highest BCUT2D eigenvalue weighted by Crippen LogP contribution is 2.39. The van der Waals surface area contributed by atoms with E-state index in [4.69, 9.17) is 20.8 Å². The zero-order valence-electron chi connectivity index (χ0n) is 14.9. The number of fused-ring (bicyclic) bond motifs is 2. The van der Waals surface area contributed by atoms with Crippen molar-refractivity contribution in [3.63, 3.8) is 0 Å². The molecule has 0 bridgehead atoms. The lowest BCUT2D eigenvalue weighted by Gasteiger charge is -2.18. The first-order chi connectivity index (χ1) is 12.7. The number of hydrogen-bond donors (Lipinski definition) is 0. The summed E-state index contributed by atoms with van der Waals surface area (Å²) in [4.78, 5) is 0. The van der Waals surface area contributed by atoms with Gasteiger partial charge in [0.2, 0.25) is 0 Å². The van der Waals surface area contributed by atoms with Crippen LogP contribution in [-0.4, -0.2) is 20.0 Å². The number of carbonyl (C=O) groups excluding carboxylic acids is 1. The van der Waals surface area contributed by atoms with E-state index in [1.165, 1.54) is 22.3 Å². The van der Waals surface area contributed by atoms with E-state index >= 15 is 0 Å². The molecule has 0 N–H and O–H groups in total. The summed E-state index contributed by atoms with van der Waals surface area (Å²) in [5.74, 6) is 1.44. The summed E-state index contributed by atoms with van der Waals surface area (Å²) in [6.45, 7) is 0. The quantitative estimate of drug-likeness (QED) is 0.516. The number of hydrogen-bond acceptors (Lipinski definition) is 1. The minimum Gasteiger partial charge on any atom is -0.496 e. The van der Waals surface area contributed by atoms with Crippen LogP contribution in [-0.2, 0) is 22.0 Å². The maximum Gasteiger partial charge on any atom is 0.356 e. The number of methoxy groups -OCH3 is 1. The predicted octanol–water partition coefficient (Wildman–Crippen LogP) is 4.99. The topological polar surface area (TPSA) is 20.5 Å². The van der Waals surface area contributed by atoms with Gasteiger partial charge >= 0.3 is 5.78 Å². The second kappa shape index (κ2) is 6.97. The van der Waals surface area contributed by atoms with Crippen molar-refractivity contribution in [2.24, 2.45) is 0 Å². The van der Waals surface area contributed by atoms with Crippen LogP contribution < -0.4 is 0 Å². The molecule has 2 aromatic rings. The van der Waals surface area contributed by atoms with Crippen molar-refractivity contribution < 1.29 is 9.16 Å². The molecule has 0 fully saturated rings. The highest BCUT2D eigenvalue weighted by molar-refractivity contribution is 6.35. The lowest BCUT2D eigenvalue weighted by atomic mass is 9.86. The molecule has 3 heteroatoms. The molecule has 0 saturated carbocycles. The molecular weight excluding hydrogens is 344 g/mol. The summed E-state index contributed by atoms with van der Waals surface area (Å²) < 4.78 is 11.4. The number of ether oxygens (including phenoxy) is 1. The summed E-state index contributed by atoms with van der Waals surface area (Å²) in [6, 6.07) is 17.1. The van der Waals surface area contributed by atoms with E-state index in [1.807, 2.05) is 12.2 Å². The van der Waals surface area contributed by atoms with Crippen molar-refractivity contribution in [1.82, 2.24) is 0 Å². The molecule has 0 spiro atoms. The molecule has 0 amide bonds. The Morgan fingerprint density at radius 1 is 0.846 bits per heavy atom. The van der Waals surface area contributed by atoms with Gasteiger partial charge in [0.15, 0.2) is 0 Å². The van der Waals surface area contributed by atoms with Crippen LogP contribution in [0.4, 0.5) is 0 Å². The molecule has 26 heavy (non-hydrogen) atoms. The summed E-state index contributed by atoms with van der Waals surface area (Å²) in [6.07, 6.45) is 5.72. The molecule has 0 unspecified atom stereocenters. The molecule has 0 atom stereocenters.